The zero-order chi connectivity index (χ0) is 18.9. The van der Waals surface area contributed by atoms with Gasteiger partial charge in [-0.25, -0.2) is 9.78 Å². The van der Waals surface area contributed by atoms with Gasteiger partial charge in [-0.15, -0.1) is 17.3 Å². The number of ether oxygens (including phenoxy) is 1. The molecule has 1 radical (unpaired) electrons. The van der Waals surface area contributed by atoms with Gasteiger partial charge in [-0.3, -0.25) is 9.18 Å². The van der Waals surface area contributed by atoms with Crippen molar-refractivity contribution in [2.45, 2.75) is 45.2 Å². The number of H-pyrrole nitrogens is 1. The van der Waals surface area contributed by atoms with E-state index in [-0.39, 0.29) is 54.7 Å². The fourth-order valence-electron chi connectivity index (χ4n) is 2.28. The number of hydrogen-bond acceptors (Lipinski definition) is 5. The molecule has 137 valence electrons. The minimum Gasteiger partial charge on any atom is -0.456 e. The molecular formula is C18H20FN2O3SY-. The SMILES string of the molecule is CSc1nc(-c2cc(C)[c-]c(C)c2F)[nH]c(=O)c1C(=O)OC(C)(C)C.[Y]. The smallest absolute Gasteiger partial charge is 0.347 e. The first-order valence-electron chi connectivity index (χ1n) is 7.64. The average molecular weight is 452 g/mol. The summed E-state index contributed by atoms with van der Waals surface area (Å²) in [7, 11) is 0. The van der Waals surface area contributed by atoms with E-state index in [1.54, 1.807) is 46.9 Å². The fourth-order valence-corrected chi connectivity index (χ4v) is 2.84. The molecule has 0 saturated carbocycles. The van der Waals surface area contributed by atoms with Gasteiger partial charge < -0.3 is 9.72 Å². The number of nitrogens with one attached hydrogen (secondary N) is 1. The average Bonchev–Trinajstić information content (AvgIpc) is 2.47. The van der Waals surface area contributed by atoms with Crippen LogP contribution in [0.3, 0.4) is 0 Å². The van der Waals surface area contributed by atoms with E-state index < -0.39 is 22.9 Å². The number of thioether (sulfide) groups is 1. The monoisotopic (exact) mass is 452 g/mol. The molecule has 0 aliphatic rings. The van der Waals surface area contributed by atoms with Crippen LogP contribution in [0.15, 0.2) is 15.9 Å². The predicted octanol–water partition coefficient (Wildman–Crippen LogP) is 3.67. The number of nitrogens with zero attached hydrogens (tertiary/aromatic N) is 1. The van der Waals surface area contributed by atoms with E-state index in [1.165, 1.54) is 0 Å². The third kappa shape index (κ3) is 5.24. The van der Waals surface area contributed by atoms with E-state index in [9.17, 15) is 14.0 Å². The molecule has 0 aliphatic carbocycles. The molecule has 0 fully saturated rings. The maximum absolute atomic E-state index is 14.4. The van der Waals surface area contributed by atoms with Gasteiger partial charge in [-0.1, -0.05) is 19.4 Å². The Morgan fingerprint density at radius 1 is 1.35 bits per heavy atom. The Morgan fingerprint density at radius 3 is 2.50 bits per heavy atom. The van der Waals surface area contributed by atoms with Crippen LogP contribution in [0.25, 0.3) is 11.4 Å². The van der Waals surface area contributed by atoms with Crippen molar-refractivity contribution in [2.24, 2.45) is 0 Å². The Morgan fingerprint density at radius 2 is 1.96 bits per heavy atom. The molecule has 1 aromatic heterocycles. The van der Waals surface area contributed by atoms with Gasteiger partial charge in [0.05, 0.1) is 0 Å². The van der Waals surface area contributed by atoms with Gasteiger partial charge in [0.2, 0.25) is 0 Å². The number of aromatic nitrogens is 2. The molecular weight excluding hydrogens is 432 g/mol. The molecule has 0 unspecified atom stereocenters. The third-order valence-corrected chi connectivity index (χ3v) is 3.93. The zero-order valence-electron chi connectivity index (χ0n) is 15.6. The van der Waals surface area contributed by atoms with Crippen LogP contribution in [0, 0.1) is 25.7 Å². The van der Waals surface area contributed by atoms with Crippen LogP contribution in [-0.2, 0) is 37.4 Å². The number of benzene rings is 1. The van der Waals surface area contributed by atoms with E-state index in [4.69, 9.17) is 4.74 Å². The second kappa shape index (κ2) is 8.76. The molecule has 2 aromatic rings. The molecule has 26 heavy (non-hydrogen) atoms. The second-order valence-corrected chi connectivity index (χ2v) is 7.40. The molecule has 0 amide bonds. The van der Waals surface area contributed by atoms with Crippen LogP contribution in [0.5, 0.6) is 0 Å². The topological polar surface area (TPSA) is 72.0 Å². The van der Waals surface area contributed by atoms with E-state index in [1.807, 2.05) is 0 Å². The molecule has 0 bridgehead atoms. The van der Waals surface area contributed by atoms with Crippen LogP contribution >= 0.6 is 11.8 Å². The minimum atomic E-state index is -0.758. The molecule has 2 rings (SSSR count). The van der Waals surface area contributed by atoms with Crippen LogP contribution < -0.4 is 5.56 Å². The summed E-state index contributed by atoms with van der Waals surface area (Å²) in [5.74, 6) is -1.20. The summed E-state index contributed by atoms with van der Waals surface area (Å²) >= 11 is 1.12. The Kier molecular flexibility index (Phi) is 7.75. The molecule has 0 aliphatic heterocycles. The summed E-state index contributed by atoms with van der Waals surface area (Å²) < 4.78 is 19.7. The van der Waals surface area contributed by atoms with Gasteiger partial charge in [-0.2, -0.15) is 17.7 Å². The molecule has 5 nitrogen and oxygen atoms in total. The van der Waals surface area contributed by atoms with Crippen LogP contribution in [0.1, 0.15) is 42.3 Å². The van der Waals surface area contributed by atoms with Gasteiger partial charge in [-0.05, 0) is 27.0 Å². The number of carbonyl (C=O) groups excluding carboxylic acids is 1. The third-order valence-electron chi connectivity index (χ3n) is 3.25. The number of halogens is 1. The minimum absolute atomic E-state index is 0. The Hall–Kier alpha value is -1.05. The van der Waals surface area contributed by atoms with Gasteiger partial charge in [0.15, 0.2) is 5.56 Å². The summed E-state index contributed by atoms with van der Waals surface area (Å²) in [5, 5.41) is 0.190. The maximum Gasteiger partial charge on any atom is 0.347 e. The molecule has 1 N–H and O–H groups in total. The van der Waals surface area contributed by atoms with Gasteiger partial charge in [0, 0.05) is 38.5 Å². The second-order valence-electron chi connectivity index (χ2n) is 6.61. The number of esters is 1. The number of aryl methyl sites for hydroxylation is 2. The summed E-state index contributed by atoms with van der Waals surface area (Å²) in [5.41, 5.74) is -0.364. The van der Waals surface area contributed by atoms with E-state index in [2.05, 4.69) is 16.0 Å². The first-order valence-corrected chi connectivity index (χ1v) is 8.87. The molecule has 1 heterocycles. The predicted molar refractivity (Wildman–Crippen MR) is 95.5 cm³/mol. The van der Waals surface area contributed by atoms with Crippen molar-refractivity contribution in [3.8, 4) is 11.4 Å². The maximum atomic E-state index is 14.4. The van der Waals surface area contributed by atoms with Crippen LogP contribution in [0.2, 0.25) is 0 Å². The number of hydrogen-bond donors (Lipinski definition) is 1. The van der Waals surface area contributed by atoms with Crippen LogP contribution in [0.4, 0.5) is 4.39 Å². The van der Waals surface area contributed by atoms with E-state index in [0.717, 1.165) is 17.3 Å². The largest absolute Gasteiger partial charge is 0.456 e. The number of rotatable bonds is 3. The first kappa shape index (κ1) is 23.0. The van der Waals surface area contributed by atoms with E-state index >= 15 is 0 Å². The van der Waals surface area contributed by atoms with Crippen molar-refractivity contribution in [3.05, 3.63) is 45.0 Å². The van der Waals surface area contributed by atoms with Gasteiger partial charge in [0.1, 0.15) is 16.5 Å². The van der Waals surface area contributed by atoms with Crippen molar-refractivity contribution in [3.63, 3.8) is 0 Å². The van der Waals surface area contributed by atoms with Crippen LogP contribution in [-0.4, -0.2) is 27.8 Å². The van der Waals surface area contributed by atoms with E-state index in [0.29, 0.717) is 5.56 Å². The zero-order valence-corrected chi connectivity index (χ0v) is 19.3. The molecule has 0 atom stereocenters. The van der Waals surface area contributed by atoms with Crippen molar-refractivity contribution in [2.75, 3.05) is 6.26 Å². The Balaban J connectivity index is 0.00000338. The normalized spacial score (nSPS) is 11.0. The molecule has 8 heteroatoms. The molecule has 1 aromatic carbocycles. The first-order chi connectivity index (χ1) is 11.5. The quantitative estimate of drug-likeness (QED) is 0.333. The number of carbonyl (C=O) groups is 1. The van der Waals surface area contributed by atoms with Crippen molar-refractivity contribution >= 4 is 17.7 Å². The van der Waals surface area contributed by atoms with Gasteiger partial charge >= 0.3 is 5.97 Å². The fraction of sp³-hybridized carbons (Fsp3) is 0.389. The Bertz CT molecular complexity index is 891. The Labute approximate surface area is 181 Å². The van der Waals surface area contributed by atoms with Crippen molar-refractivity contribution < 1.29 is 46.6 Å². The molecule has 0 saturated heterocycles. The van der Waals surface area contributed by atoms with Gasteiger partial charge in [0.25, 0.3) is 5.56 Å². The van der Waals surface area contributed by atoms with Crippen molar-refractivity contribution in [1.82, 2.24) is 9.97 Å². The summed E-state index contributed by atoms with van der Waals surface area (Å²) in [4.78, 5) is 31.5. The summed E-state index contributed by atoms with van der Waals surface area (Å²) in [6.07, 6.45) is 1.69. The summed E-state index contributed by atoms with van der Waals surface area (Å²) in [6.45, 7) is 8.50. The molecule has 0 spiro atoms. The van der Waals surface area contributed by atoms with Crippen molar-refractivity contribution in [1.29, 1.82) is 0 Å². The summed E-state index contributed by atoms with van der Waals surface area (Å²) in [6, 6.07) is 4.43. The standard InChI is InChI=1S/C18H20FN2O3S.Y/c1-9-7-10(2)13(19)11(8-9)14-20-15(22)12(16(21-14)25-6)17(23)24-18(3,4)5;/h8H,1-6H3,(H,20,21,22);/q-1;. The number of aromatic amines is 1.